The Morgan fingerprint density at radius 1 is 1.00 bits per heavy atom. The SMILES string of the molecule is CC#CSC(F)(F)C(F)(F)C(F)(F)S(=O)(=O)N1CCC2CCCCC2C1. The van der Waals surface area contributed by atoms with Gasteiger partial charge in [-0.2, -0.15) is 30.6 Å². The predicted octanol–water partition coefficient (Wildman–Crippen LogP) is 4.36. The van der Waals surface area contributed by atoms with Gasteiger partial charge >= 0.3 is 16.4 Å². The summed E-state index contributed by atoms with van der Waals surface area (Å²) in [7, 11) is -5.97. The van der Waals surface area contributed by atoms with Gasteiger partial charge in [-0.1, -0.05) is 25.2 Å². The predicted molar refractivity (Wildman–Crippen MR) is 86.4 cm³/mol. The Hall–Kier alpha value is -0.600. The molecule has 2 fully saturated rings. The molecule has 0 bridgehead atoms. The zero-order chi connectivity index (χ0) is 19.8. The van der Waals surface area contributed by atoms with Gasteiger partial charge in [0, 0.05) is 24.9 Å². The molecule has 0 spiro atoms. The van der Waals surface area contributed by atoms with Crippen molar-refractivity contribution >= 4 is 21.8 Å². The van der Waals surface area contributed by atoms with Crippen molar-refractivity contribution in [3.63, 3.8) is 0 Å². The number of thioether (sulfide) groups is 1. The summed E-state index contributed by atoms with van der Waals surface area (Å²) in [6, 6.07) is 0. The van der Waals surface area contributed by atoms with Crippen LogP contribution in [0.25, 0.3) is 0 Å². The molecule has 1 heterocycles. The molecule has 2 atom stereocenters. The van der Waals surface area contributed by atoms with Crippen LogP contribution >= 0.6 is 11.8 Å². The van der Waals surface area contributed by atoms with E-state index in [4.69, 9.17) is 0 Å². The summed E-state index contributed by atoms with van der Waals surface area (Å²) in [5, 5.41) is -9.79. The maximum Gasteiger partial charge on any atom is 0.428 e. The average molecular weight is 423 g/mol. The number of fused-ring (bicyclic) bond motifs is 1. The summed E-state index contributed by atoms with van der Waals surface area (Å²) in [5.41, 5.74) is 0. The molecule has 3 nitrogen and oxygen atoms in total. The number of nitrogens with zero attached hydrogens (tertiary/aromatic N) is 1. The smallest absolute Gasteiger partial charge is 0.206 e. The Bertz CT molecular complexity index is 686. The molecule has 26 heavy (non-hydrogen) atoms. The van der Waals surface area contributed by atoms with Gasteiger partial charge in [0.05, 0.1) is 0 Å². The van der Waals surface area contributed by atoms with Gasteiger partial charge in [-0.3, -0.25) is 0 Å². The molecular formula is C15H19F6NO2S2. The number of hydrogen-bond acceptors (Lipinski definition) is 3. The molecule has 0 aromatic carbocycles. The van der Waals surface area contributed by atoms with E-state index >= 15 is 0 Å². The molecule has 2 rings (SSSR count). The highest BCUT2D eigenvalue weighted by Crippen LogP contribution is 2.54. The Kier molecular flexibility index (Phi) is 6.20. The zero-order valence-electron chi connectivity index (χ0n) is 14.0. The number of halogens is 6. The topological polar surface area (TPSA) is 37.4 Å². The zero-order valence-corrected chi connectivity index (χ0v) is 15.6. The first-order chi connectivity index (χ1) is 11.9. The molecule has 2 aliphatic rings. The molecule has 11 heteroatoms. The van der Waals surface area contributed by atoms with E-state index in [1.807, 2.05) is 5.92 Å². The molecule has 0 N–H and O–H groups in total. The van der Waals surface area contributed by atoms with E-state index in [0.29, 0.717) is 6.42 Å². The Balaban J connectivity index is 2.28. The van der Waals surface area contributed by atoms with E-state index < -0.39 is 38.2 Å². The van der Waals surface area contributed by atoms with Crippen LogP contribution in [-0.4, -0.2) is 42.2 Å². The summed E-state index contributed by atoms with van der Waals surface area (Å²) in [4.78, 5) is 0. The van der Waals surface area contributed by atoms with Gasteiger partial charge in [0.2, 0.25) is 0 Å². The Labute approximate surface area is 152 Å². The van der Waals surface area contributed by atoms with E-state index in [1.165, 1.54) is 5.25 Å². The Morgan fingerprint density at radius 2 is 1.58 bits per heavy atom. The van der Waals surface area contributed by atoms with Crippen LogP contribution in [0.4, 0.5) is 26.3 Å². The third-order valence-corrected chi connectivity index (χ3v) is 7.66. The van der Waals surface area contributed by atoms with Gasteiger partial charge in [0.15, 0.2) is 0 Å². The first kappa shape index (κ1) is 21.7. The van der Waals surface area contributed by atoms with Crippen LogP contribution in [0.15, 0.2) is 0 Å². The number of alkyl halides is 6. The van der Waals surface area contributed by atoms with E-state index in [1.54, 1.807) is 0 Å². The van der Waals surface area contributed by atoms with Crippen molar-refractivity contribution in [2.45, 2.75) is 55.5 Å². The van der Waals surface area contributed by atoms with Gasteiger partial charge in [0.25, 0.3) is 10.0 Å². The standard InChI is InChI=1S/C15H19F6NO2S2/c1-2-9-25-14(18,19)13(16,17)15(20,21)26(23,24)22-8-7-11-5-3-4-6-12(11)10-22/h11-12H,3-8,10H2,1H3. The average Bonchev–Trinajstić information content (AvgIpc) is 2.59. The first-order valence-corrected chi connectivity index (χ1v) is 10.4. The van der Waals surface area contributed by atoms with Crippen molar-refractivity contribution in [1.29, 1.82) is 0 Å². The highest BCUT2D eigenvalue weighted by Gasteiger charge is 2.78. The van der Waals surface area contributed by atoms with E-state index in [9.17, 15) is 34.8 Å². The second-order valence-corrected chi connectivity index (χ2v) is 9.42. The van der Waals surface area contributed by atoms with Crippen LogP contribution in [0.3, 0.4) is 0 Å². The molecule has 1 saturated heterocycles. The molecule has 0 aromatic rings. The first-order valence-electron chi connectivity index (χ1n) is 8.11. The summed E-state index contributed by atoms with van der Waals surface area (Å²) in [6.45, 7) is 0.346. The highest BCUT2D eigenvalue weighted by molar-refractivity contribution is 8.05. The molecule has 0 aromatic heterocycles. The lowest BCUT2D eigenvalue weighted by atomic mass is 9.76. The van der Waals surface area contributed by atoms with Crippen LogP contribution in [0.1, 0.15) is 39.0 Å². The van der Waals surface area contributed by atoms with Crippen LogP contribution in [0.2, 0.25) is 0 Å². The van der Waals surface area contributed by atoms with E-state index in [2.05, 4.69) is 0 Å². The van der Waals surface area contributed by atoms with E-state index in [-0.39, 0.29) is 35.7 Å². The minimum Gasteiger partial charge on any atom is -0.206 e. The fourth-order valence-electron chi connectivity index (χ4n) is 3.46. The molecule has 1 aliphatic carbocycles. The van der Waals surface area contributed by atoms with Gasteiger partial charge in [-0.15, -0.1) is 0 Å². The molecule has 2 unspecified atom stereocenters. The third-order valence-electron chi connectivity index (χ3n) is 4.93. The van der Waals surface area contributed by atoms with Crippen molar-refractivity contribution in [1.82, 2.24) is 4.31 Å². The quantitative estimate of drug-likeness (QED) is 0.487. The molecule has 0 radical (unpaired) electrons. The maximum atomic E-state index is 14.2. The minimum atomic E-state index is -6.11. The number of rotatable bonds is 5. The lowest BCUT2D eigenvalue weighted by Gasteiger charge is -2.42. The number of piperidine rings is 1. The fourth-order valence-corrected chi connectivity index (χ4v) is 5.52. The summed E-state index contributed by atoms with van der Waals surface area (Å²) in [6.07, 6.45) is 3.44. The van der Waals surface area contributed by atoms with Crippen molar-refractivity contribution < 1.29 is 34.8 Å². The maximum absolute atomic E-state index is 14.2. The number of hydrogen-bond donors (Lipinski definition) is 0. The van der Waals surface area contributed by atoms with Gasteiger partial charge in [0.1, 0.15) is 0 Å². The van der Waals surface area contributed by atoms with Crippen molar-refractivity contribution in [3.05, 3.63) is 0 Å². The van der Waals surface area contributed by atoms with Crippen molar-refractivity contribution in [2.75, 3.05) is 13.1 Å². The van der Waals surface area contributed by atoms with Gasteiger partial charge < -0.3 is 0 Å². The molecule has 1 saturated carbocycles. The molecule has 0 amide bonds. The monoisotopic (exact) mass is 423 g/mol. The van der Waals surface area contributed by atoms with Crippen molar-refractivity contribution in [3.8, 4) is 11.2 Å². The Morgan fingerprint density at radius 3 is 2.15 bits per heavy atom. The van der Waals surface area contributed by atoms with Crippen LogP contribution < -0.4 is 0 Å². The highest BCUT2D eigenvalue weighted by atomic mass is 32.2. The lowest BCUT2D eigenvalue weighted by Crippen LogP contribution is -2.61. The molecular weight excluding hydrogens is 404 g/mol. The molecule has 150 valence electrons. The lowest BCUT2D eigenvalue weighted by molar-refractivity contribution is -0.241. The second-order valence-electron chi connectivity index (χ2n) is 6.52. The normalized spacial score (nSPS) is 26.0. The fraction of sp³-hybridized carbons (Fsp3) is 0.867. The number of sulfonamides is 1. The van der Waals surface area contributed by atoms with Gasteiger partial charge in [-0.25, -0.2) is 8.42 Å². The van der Waals surface area contributed by atoms with Gasteiger partial charge in [-0.05, 0) is 36.9 Å². The van der Waals surface area contributed by atoms with Crippen LogP contribution in [-0.2, 0) is 10.0 Å². The van der Waals surface area contributed by atoms with Crippen LogP contribution in [0, 0.1) is 23.0 Å². The van der Waals surface area contributed by atoms with E-state index in [0.717, 1.165) is 26.2 Å². The second kappa shape index (κ2) is 7.43. The van der Waals surface area contributed by atoms with Crippen LogP contribution in [0.5, 0.6) is 0 Å². The molecule has 1 aliphatic heterocycles. The van der Waals surface area contributed by atoms with Crippen molar-refractivity contribution in [2.24, 2.45) is 11.8 Å². The largest absolute Gasteiger partial charge is 0.428 e. The minimum absolute atomic E-state index is 0.154. The summed E-state index contributed by atoms with van der Waals surface area (Å²) in [5.74, 6) is -4.30. The third kappa shape index (κ3) is 3.56. The summed E-state index contributed by atoms with van der Waals surface area (Å²) >= 11 is -1.01. The summed E-state index contributed by atoms with van der Waals surface area (Å²) < 4.78 is 108.